The van der Waals surface area contributed by atoms with E-state index in [1.807, 2.05) is 5.38 Å². The summed E-state index contributed by atoms with van der Waals surface area (Å²) < 4.78 is 0. The van der Waals surface area contributed by atoms with Crippen LogP contribution in [0.25, 0.3) is 0 Å². The van der Waals surface area contributed by atoms with Crippen LogP contribution in [0, 0.1) is 11.3 Å². The van der Waals surface area contributed by atoms with Gasteiger partial charge in [-0.05, 0) is 35.8 Å². The molecule has 0 radical (unpaired) electrons. The van der Waals surface area contributed by atoms with Gasteiger partial charge in [0.1, 0.15) is 10.9 Å². The molecule has 13 heavy (non-hydrogen) atoms. The van der Waals surface area contributed by atoms with E-state index in [2.05, 4.69) is 12.1 Å². The van der Waals surface area contributed by atoms with Crippen LogP contribution in [-0.4, -0.2) is 0 Å². The lowest BCUT2D eigenvalue weighted by Crippen LogP contribution is -2.04. The number of nitriles is 1. The molecule has 1 heterocycles. The van der Waals surface area contributed by atoms with Crippen LogP contribution in [0.1, 0.15) is 48.5 Å². The normalized spacial score (nSPS) is 18.4. The Bertz CT molecular complexity index is 315. The molecule has 0 aromatic carbocycles. The molecule has 1 aromatic heterocycles. The topological polar surface area (TPSA) is 23.8 Å². The van der Waals surface area contributed by atoms with Gasteiger partial charge in [0, 0.05) is 0 Å². The predicted molar refractivity (Wildman–Crippen MR) is 54.9 cm³/mol. The van der Waals surface area contributed by atoms with Crippen LogP contribution in [0.15, 0.2) is 11.4 Å². The summed E-state index contributed by atoms with van der Waals surface area (Å²) >= 11 is 1.58. The Labute approximate surface area is 83.0 Å². The minimum absolute atomic E-state index is 0.676. The van der Waals surface area contributed by atoms with Crippen molar-refractivity contribution < 1.29 is 0 Å². The van der Waals surface area contributed by atoms with Crippen molar-refractivity contribution in [3.8, 4) is 6.07 Å². The molecule has 1 nitrogen and oxygen atoms in total. The van der Waals surface area contributed by atoms with Gasteiger partial charge in [-0.15, -0.1) is 11.3 Å². The second-order valence-corrected chi connectivity index (χ2v) is 4.57. The Balaban J connectivity index is 2.19. The first-order valence-corrected chi connectivity index (χ1v) is 5.77. The maximum absolute atomic E-state index is 8.90. The van der Waals surface area contributed by atoms with Crippen LogP contribution in [-0.2, 0) is 0 Å². The number of hydrogen-bond donors (Lipinski definition) is 0. The number of hydrogen-bond acceptors (Lipinski definition) is 2. The second kappa shape index (κ2) is 3.93. The van der Waals surface area contributed by atoms with Gasteiger partial charge in [0.05, 0.1) is 0 Å². The standard InChI is InChI=1S/C11H13NS/c12-8-11-10(6-7-13-11)9-4-2-1-3-5-9/h6-7,9H,1-5H2. The monoisotopic (exact) mass is 191 g/mol. The van der Waals surface area contributed by atoms with E-state index in [0.29, 0.717) is 5.92 Å². The lowest BCUT2D eigenvalue weighted by atomic mass is 9.84. The van der Waals surface area contributed by atoms with Gasteiger partial charge in [-0.2, -0.15) is 5.26 Å². The average Bonchev–Trinajstić information content (AvgIpc) is 2.67. The predicted octanol–water partition coefficient (Wildman–Crippen LogP) is 3.67. The fourth-order valence-electron chi connectivity index (χ4n) is 2.15. The molecule has 0 amide bonds. The lowest BCUT2D eigenvalue weighted by molar-refractivity contribution is 0.444. The molecule has 0 N–H and O–H groups in total. The molecule has 1 fully saturated rings. The molecule has 2 heteroatoms. The molecule has 1 aliphatic carbocycles. The average molecular weight is 191 g/mol. The zero-order valence-electron chi connectivity index (χ0n) is 7.62. The quantitative estimate of drug-likeness (QED) is 0.664. The Kier molecular flexibility index (Phi) is 2.65. The van der Waals surface area contributed by atoms with Crippen molar-refractivity contribution >= 4 is 11.3 Å². The van der Waals surface area contributed by atoms with Crippen molar-refractivity contribution in [1.82, 2.24) is 0 Å². The number of rotatable bonds is 1. The summed E-state index contributed by atoms with van der Waals surface area (Å²) in [5, 5.41) is 10.9. The van der Waals surface area contributed by atoms with Crippen molar-refractivity contribution in [2.24, 2.45) is 0 Å². The van der Waals surface area contributed by atoms with E-state index in [-0.39, 0.29) is 0 Å². The zero-order chi connectivity index (χ0) is 9.10. The third kappa shape index (κ3) is 1.76. The highest BCUT2D eigenvalue weighted by Gasteiger charge is 2.18. The van der Waals surface area contributed by atoms with Crippen molar-refractivity contribution in [1.29, 1.82) is 5.26 Å². The van der Waals surface area contributed by atoms with Gasteiger partial charge in [0.2, 0.25) is 0 Å². The summed E-state index contributed by atoms with van der Waals surface area (Å²) in [7, 11) is 0. The van der Waals surface area contributed by atoms with Crippen LogP contribution in [0.5, 0.6) is 0 Å². The number of thiophene rings is 1. The van der Waals surface area contributed by atoms with Gasteiger partial charge in [0.25, 0.3) is 0 Å². The largest absolute Gasteiger partial charge is 0.192 e. The Hall–Kier alpha value is -0.810. The van der Waals surface area contributed by atoms with Crippen molar-refractivity contribution in [3.05, 3.63) is 21.9 Å². The highest BCUT2D eigenvalue weighted by molar-refractivity contribution is 7.10. The van der Waals surface area contributed by atoms with E-state index < -0.39 is 0 Å². The van der Waals surface area contributed by atoms with Gasteiger partial charge in [-0.25, -0.2) is 0 Å². The fourth-order valence-corrected chi connectivity index (χ4v) is 2.92. The van der Waals surface area contributed by atoms with Gasteiger partial charge in [-0.3, -0.25) is 0 Å². The molecule has 2 rings (SSSR count). The molecule has 1 aromatic rings. The zero-order valence-corrected chi connectivity index (χ0v) is 8.44. The fraction of sp³-hybridized carbons (Fsp3) is 0.545. The molecule has 0 bridgehead atoms. The smallest absolute Gasteiger partial charge is 0.110 e. The minimum Gasteiger partial charge on any atom is -0.192 e. The molecular formula is C11H13NS. The van der Waals surface area contributed by atoms with Crippen molar-refractivity contribution in [3.63, 3.8) is 0 Å². The first-order valence-electron chi connectivity index (χ1n) is 4.89. The molecule has 68 valence electrons. The third-order valence-electron chi connectivity index (χ3n) is 2.84. The molecule has 0 unspecified atom stereocenters. The van der Waals surface area contributed by atoms with Crippen LogP contribution >= 0.6 is 11.3 Å². The molecule has 0 atom stereocenters. The van der Waals surface area contributed by atoms with E-state index in [1.54, 1.807) is 11.3 Å². The van der Waals surface area contributed by atoms with Crippen molar-refractivity contribution in [2.45, 2.75) is 38.0 Å². The first-order chi connectivity index (χ1) is 6.42. The van der Waals surface area contributed by atoms with Gasteiger partial charge in [0.15, 0.2) is 0 Å². The summed E-state index contributed by atoms with van der Waals surface area (Å²) in [6.45, 7) is 0. The second-order valence-electron chi connectivity index (χ2n) is 3.65. The summed E-state index contributed by atoms with van der Waals surface area (Å²) in [6, 6.07) is 4.43. The van der Waals surface area contributed by atoms with E-state index >= 15 is 0 Å². The van der Waals surface area contributed by atoms with Gasteiger partial charge >= 0.3 is 0 Å². The van der Waals surface area contributed by atoms with E-state index in [1.165, 1.54) is 37.7 Å². The molecule has 1 aliphatic rings. The van der Waals surface area contributed by atoms with E-state index in [0.717, 1.165) is 4.88 Å². The van der Waals surface area contributed by atoms with Crippen LogP contribution in [0.4, 0.5) is 0 Å². The molecule has 1 saturated carbocycles. The molecular weight excluding hydrogens is 178 g/mol. The Morgan fingerprint density at radius 2 is 2.08 bits per heavy atom. The summed E-state index contributed by atoms with van der Waals surface area (Å²) in [4.78, 5) is 0.937. The first kappa shape index (κ1) is 8.77. The Morgan fingerprint density at radius 1 is 1.31 bits per heavy atom. The van der Waals surface area contributed by atoms with Gasteiger partial charge < -0.3 is 0 Å². The Morgan fingerprint density at radius 3 is 2.77 bits per heavy atom. The maximum Gasteiger partial charge on any atom is 0.110 e. The van der Waals surface area contributed by atoms with Crippen molar-refractivity contribution in [2.75, 3.05) is 0 Å². The van der Waals surface area contributed by atoms with Crippen LogP contribution in [0.2, 0.25) is 0 Å². The molecule has 0 saturated heterocycles. The van der Waals surface area contributed by atoms with E-state index in [9.17, 15) is 0 Å². The highest BCUT2D eigenvalue weighted by Crippen LogP contribution is 2.35. The number of nitrogens with zero attached hydrogens (tertiary/aromatic N) is 1. The highest BCUT2D eigenvalue weighted by atomic mass is 32.1. The van der Waals surface area contributed by atoms with Gasteiger partial charge in [-0.1, -0.05) is 19.3 Å². The molecule has 0 aliphatic heterocycles. The maximum atomic E-state index is 8.90. The minimum atomic E-state index is 0.676. The third-order valence-corrected chi connectivity index (χ3v) is 3.68. The van der Waals surface area contributed by atoms with Crippen LogP contribution < -0.4 is 0 Å². The summed E-state index contributed by atoms with van der Waals surface area (Å²) in [5.74, 6) is 0.676. The summed E-state index contributed by atoms with van der Waals surface area (Å²) in [6.07, 6.45) is 6.62. The van der Waals surface area contributed by atoms with E-state index in [4.69, 9.17) is 5.26 Å². The molecule has 0 spiro atoms. The SMILES string of the molecule is N#Cc1sccc1C1CCCCC1. The van der Waals surface area contributed by atoms with Crippen LogP contribution in [0.3, 0.4) is 0 Å². The summed E-state index contributed by atoms with van der Waals surface area (Å²) in [5.41, 5.74) is 1.31. The lowest BCUT2D eigenvalue weighted by Gasteiger charge is -2.20.